The van der Waals surface area contributed by atoms with Crippen LogP contribution in [-0.4, -0.2) is 10.1 Å². The molecule has 3 rings (SSSR count). The minimum absolute atomic E-state index is 0.479. The van der Waals surface area contributed by atoms with Gasteiger partial charge in [-0.1, -0.05) is 17.7 Å². The fraction of sp³-hybridized carbons (Fsp3) is 0.111. The van der Waals surface area contributed by atoms with Gasteiger partial charge in [0.1, 0.15) is 0 Å². The third-order valence-electron chi connectivity index (χ3n) is 3.49. The lowest BCUT2D eigenvalue weighted by Crippen LogP contribution is -2.33. The predicted octanol–water partition coefficient (Wildman–Crippen LogP) is 4.82. The van der Waals surface area contributed by atoms with Crippen LogP contribution >= 0.6 is 23.8 Å². The van der Waals surface area contributed by atoms with Gasteiger partial charge in [0.2, 0.25) is 0 Å². The van der Waals surface area contributed by atoms with Gasteiger partial charge in [-0.15, -0.1) is 0 Å². The average molecular weight is 357 g/mol. The van der Waals surface area contributed by atoms with Crippen LogP contribution in [0.4, 0.5) is 11.4 Å². The molecule has 0 unspecified atom stereocenters. The molecule has 3 aromatic rings. The van der Waals surface area contributed by atoms with E-state index >= 15 is 0 Å². The molecule has 122 valence electrons. The molecule has 6 heteroatoms. The van der Waals surface area contributed by atoms with E-state index in [1.165, 1.54) is 11.1 Å². The predicted molar refractivity (Wildman–Crippen MR) is 106 cm³/mol. The van der Waals surface area contributed by atoms with Gasteiger partial charge in [0, 0.05) is 22.3 Å². The molecule has 1 aromatic heterocycles. The number of benzene rings is 2. The highest BCUT2D eigenvalue weighted by Crippen LogP contribution is 2.24. The normalized spacial score (nSPS) is 10.5. The van der Waals surface area contributed by atoms with Crippen LogP contribution in [0.1, 0.15) is 11.1 Å². The van der Waals surface area contributed by atoms with Crippen LogP contribution < -0.4 is 16.2 Å². The topological polar surface area (TPSA) is 49.0 Å². The van der Waals surface area contributed by atoms with E-state index in [0.29, 0.717) is 10.1 Å². The number of hydrogen-bond acceptors (Lipinski definition) is 3. The number of halogens is 1. The van der Waals surface area contributed by atoms with Crippen LogP contribution in [0.5, 0.6) is 0 Å². The first-order valence-corrected chi connectivity index (χ1v) is 8.25. The van der Waals surface area contributed by atoms with Gasteiger partial charge in [-0.05, 0) is 73.6 Å². The summed E-state index contributed by atoms with van der Waals surface area (Å²) in [7, 11) is 0. The Hall–Kier alpha value is -2.37. The number of nitrogens with one attached hydrogen (secondary N) is 3. The molecular weight excluding hydrogens is 340 g/mol. The third-order valence-corrected chi connectivity index (χ3v) is 3.93. The van der Waals surface area contributed by atoms with Crippen LogP contribution in [0, 0.1) is 13.8 Å². The summed E-state index contributed by atoms with van der Waals surface area (Å²) in [5, 5.41) is 5.23. The van der Waals surface area contributed by atoms with Gasteiger partial charge in [-0.25, -0.2) is 0 Å². The Bertz CT molecular complexity index is 890. The largest absolute Gasteiger partial charge is 0.331 e. The van der Waals surface area contributed by atoms with E-state index in [4.69, 9.17) is 23.8 Å². The summed E-state index contributed by atoms with van der Waals surface area (Å²) in [5.74, 6) is 0. The molecule has 2 aromatic carbocycles. The highest BCUT2D eigenvalue weighted by atomic mass is 35.5. The monoisotopic (exact) mass is 356 g/mol. The van der Waals surface area contributed by atoms with Crippen LogP contribution in [-0.2, 0) is 0 Å². The lowest BCUT2D eigenvalue weighted by Gasteiger charge is -2.14. The van der Waals surface area contributed by atoms with Crippen molar-refractivity contribution in [1.29, 1.82) is 0 Å². The Balaban J connectivity index is 1.71. The van der Waals surface area contributed by atoms with Gasteiger partial charge in [0.25, 0.3) is 0 Å². The number of aryl methyl sites for hydroxylation is 2. The SMILES string of the molecule is Cc1cc(C)cc(NC(=S)NNc2ccnc3ccc(Cl)cc23)c1. The van der Waals surface area contributed by atoms with Crippen LogP contribution in [0.2, 0.25) is 5.02 Å². The zero-order chi connectivity index (χ0) is 17.1. The van der Waals surface area contributed by atoms with E-state index in [-0.39, 0.29) is 0 Å². The molecule has 0 amide bonds. The van der Waals surface area contributed by atoms with Crippen molar-refractivity contribution in [2.75, 3.05) is 10.7 Å². The molecule has 3 N–H and O–H groups in total. The summed E-state index contributed by atoms with van der Waals surface area (Å²) >= 11 is 11.4. The first kappa shape index (κ1) is 16.5. The minimum Gasteiger partial charge on any atom is -0.331 e. The minimum atomic E-state index is 0.479. The molecule has 0 radical (unpaired) electrons. The van der Waals surface area contributed by atoms with E-state index in [1.807, 2.05) is 36.4 Å². The number of pyridine rings is 1. The fourth-order valence-electron chi connectivity index (χ4n) is 2.56. The first-order chi connectivity index (χ1) is 11.5. The van der Waals surface area contributed by atoms with Crippen LogP contribution in [0.25, 0.3) is 10.9 Å². The van der Waals surface area contributed by atoms with Crippen molar-refractivity contribution in [3.63, 3.8) is 0 Å². The summed E-state index contributed by atoms with van der Waals surface area (Å²) in [4.78, 5) is 4.32. The molecule has 0 aliphatic heterocycles. The Kier molecular flexibility index (Phi) is 4.83. The second kappa shape index (κ2) is 7.03. The quantitative estimate of drug-likeness (QED) is 0.464. The molecule has 0 saturated heterocycles. The summed E-state index contributed by atoms with van der Waals surface area (Å²) in [5.41, 5.74) is 11.1. The van der Waals surface area contributed by atoms with E-state index in [0.717, 1.165) is 22.3 Å². The summed E-state index contributed by atoms with van der Waals surface area (Å²) in [6.45, 7) is 4.11. The van der Waals surface area contributed by atoms with Gasteiger partial charge in [0.05, 0.1) is 11.2 Å². The number of aromatic nitrogens is 1. The van der Waals surface area contributed by atoms with E-state index in [9.17, 15) is 0 Å². The molecule has 0 aliphatic carbocycles. The number of fused-ring (bicyclic) bond motifs is 1. The zero-order valence-electron chi connectivity index (χ0n) is 13.4. The standard InChI is InChI=1S/C18H17ClN4S/c1-11-7-12(2)9-14(8-11)21-18(24)23-22-17-5-6-20-16-4-3-13(19)10-15(16)17/h3-10H,1-2H3,(H,20,22)(H2,21,23,24). The number of hydrazine groups is 1. The highest BCUT2D eigenvalue weighted by Gasteiger charge is 2.04. The van der Waals surface area contributed by atoms with Crippen molar-refractivity contribution in [3.05, 3.63) is 64.8 Å². The Morgan fingerprint density at radius 1 is 1.04 bits per heavy atom. The smallest absolute Gasteiger partial charge is 0.189 e. The van der Waals surface area contributed by atoms with Crippen molar-refractivity contribution in [2.24, 2.45) is 0 Å². The van der Waals surface area contributed by atoms with Gasteiger partial charge in [-0.3, -0.25) is 15.8 Å². The van der Waals surface area contributed by atoms with E-state index in [2.05, 4.69) is 41.1 Å². The van der Waals surface area contributed by atoms with Gasteiger partial charge in [-0.2, -0.15) is 0 Å². The molecule has 4 nitrogen and oxygen atoms in total. The zero-order valence-corrected chi connectivity index (χ0v) is 14.9. The number of hydrogen-bond donors (Lipinski definition) is 3. The summed E-state index contributed by atoms with van der Waals surface area (Å²) in [6, 6.07) is 13.6. The van der Waals surface area contributed by atoms with Crippen LogP contribution in [0.3, 0.4) is 0 Å². The number of rotatable bonds is 3. The summed E-state index contributed by atoms with van der Waals surface area (Å²) < 4.78 is 0. The second-order valence-electron chi connectivity index (χ2n) is 5.60. The second-order valence-corrected chi connectivity index (χ2v) is 6.45. The number of nitrogens with zero attached hydrogens (tertiary/aromatic N) is 1. The highest BCUT2D eigenvalue weighted by molar-refractivity contribution is 7.80. The maximum atomic E-state index is 6.08. The lowest BCUT2D eigenvalue weighted by molar-refractivity contribution is 1.14. The van der Waals surface area contributed by atoms with Gasteiger partial charge < -0.3 is 5.32 Å². The maximum Gasteiger partial charge on any atom is 0.189 e. The average Bonchev–Trinajstić information content (AvgIpc) is 2.52. The van der Waals surface area contributed by atoms with Gasteiger partial charge >= 0.3 is 0 Å². The number of thiocarbonyl (C=S) groups is 1. The van der Waals surface area contributed by atoms with Crippen molar-refractivity contribution in [3.8, 4) is 0 Å². The molecule has 0 atom stereocenters. The van der Waals surface area contributed by atoms with Gasteiger partial charge in [0.15, 0.2) is 5.11 Å². The molecule has 24 heavy (non-hydrogen) atoms. The number of anilines is 2. The molecule has 1 heterocycles. The Morgan fingerprint density at radius 3 is 2.54 bits per heavy atom. The first-order valence-electron chi connectivity index (χ1n) is 7.47. The molecule has 0 aliphatic rings. The lowest BCUT2D eigenvalue weighted by atomic mass is 10.1. The maximum absolute atomic E-state index is 6.08. The fourth-order valence-corrected chi connectivity index (χ4v) is 2.90. The molecule has 0 fully saturated rings. The van der Waals surface area contributed by atoms with Crippen molar-refractivity contribution in [1.82, 2.24) is 10.4 Å². The Morgan fingerprint density at radius 2 is 1.79 bits per heavy atom. The molecule has 0 bridgehead atoms. The molecule has 0 spiro atoms. The van der Waals surface area contributed by atoms with Crippen molar-refractivity contribution < 1.29 is 0 Å². The Labute approximate surface area is 151 Å². The molecule has 0 saturated carbocycles. The van der Waals surface area contributed by atoms with Crippen molar-refractivity contribution >= 4 is 51.2 Å². The van der Waals surface area contributed by atoms with E-state index in [1.54, 1.807) is 6.20 Å². The molecular formula is C18H17ClN4S. The summed E-state index contributed by atoms with van der Waals surface area (Å²) in [6.07, 6.45) is 1.74. The van der Waals surface area contributed by atoms with Crippen LogP contribution in [0.15, 0.2) is 48.7 Å². The van der Waals surface area contributed by atoms with E-state index < -0.39 is 0 Å². The third kappa shape index (κ3) is 3.93. The van der Waals surface area contributed by atoms with Crippen molar-refractivity contribution in [2.45, 2.75) is 13.8 Å².